The highest BCUT2D eigenvalue weighted by molar-refractivity contribution is 5.80. The van der Waals surface area contributed by atoms with Crippen molar-refractivity contribution in [3.8, 4) is 0 Å². The molecule has 0 saturated carbocycles. The van der Waals surface area contributed by atoms with Crippen LogP contribution in [0.1, 0.15) is 64.7 Å². The molecular weight excluding hydrogens is 288 g/mol. The Morgan fingerprint density at radius 3 is 2.13 bits per heavy atom. The Morgan fingerprint density at radius 1 is 0.870 bits per heavy atom. The van der Waals surface area contributed by atoms with E-state index < -0.39 is 5.97 Å². The van der Waals surface area contributed by atoms with Crippen molar-refractivity contribution in [2.24, 2.45) is 0 Å². The highest BCUT2D eigenvalue weighted by atomic mass is 16.4. The van der Waals surface area contributed by atoms with Crippen molar-refractivity contribution in [3.63, 3.8) is 0 Å². The fraction of sp³-hybridized carbons (Fsp3) is 0.550. The molecule has 0 aromatic heterocycles. The normalized spacial score (nSPS) is 13.8. The zero-order valence-electron chi connectivity index (χ0n) is 14.4. The molecule has 1 atom stereocenters. The Bertz CT molecular complexity index is 392. The number of aliphatic carboxylic acids is 1. The quantitative estimate of drug-likeness (QED) is 0.263. The summed E-state index contributed by atoms with van der Waals surface area (Å²) in [6.45, 7) is 2.18. The van der Waals surface area contributed by atoms with Crippen LogP contribution in [-0.4, -0.2) is 22.3 Å². The molecule has 0 heterocycles. The molecule has 3 heteroatoms. The van der Waals surface area contributed by atoms with Crippen molar-refractivity contribution in [3.05, 3.63) is 48.6 Å². The molecule has 0 aliphatic heterocycles. The minimum atomic E-state index is -0.938. The zero-order valence-corrected chi connectivity index (χ0v) is 14.4. The molecule has 23 heavy (non-hydrogen) atoms. The molecule has 130 valence electrons. The molecule has 0 amide bonds. The van der Waals surface area contributed by atoms with Crippen LogP contribution in [0.25, 0.3) is 0 Å². The molecule has 0 fully saturated rings. The van der Waals surface area contributed by atoms with E-state index in [-0.39, 0.29) is 6.10 Å². The Hall–Kier alpha value is -1.61. The van der Waals surface area contributed by atoms with Crippen molar-refractivity contribution in [1.82, 2.24) is 0 Å². The summed E-state index contributed by atoms with van der Waals surface area (Å²) in [7, 11) is 0. The smallest absolute Gasteiger partial charge is 0.328 e. The van der Waals surface area contributed by atoms with Gasteiger partial charge in [0, 0.05) is 6.08 Å². The van der Waals surface area contributed by atoms with Gasteiger partial charge in [-0.15, -0.1) is 0 Å². The molecule has 0 aliphatic rings. The van der Waals surface area contributed by atoms with E-state index in [1.54, 1.807) is 12.2 Å². The van der Waals surface area contributed by atoms with Gasteiger partial charge in [-0.25, -0.2) is 4.79 Å². The number of hydrogen-bond donors (Lipinski definition) is 2. The van der Waals surface area contributed by atoms with Crippen molar-refractivity contribution in [2.45, 2.75) is 70.8 Å². The predicted molar refractivity (Wildman–Crippen MR) is 97.4 cm³/mol. The molecule has 0 unspecified atom stereocenters. The Morgan fingerprint density at radius 2 is 1.48 bits per heavy atom. The third-order valence-electron chi connectivity index (χ3n) is 3.48. The standard InChI is InChI=1S/C20H32O3/c1-2-3-13-16-19(21)17-14-11-9-7-5-4-6-8-10-12-15-18-20(22)23/h4-6,8,10,12,15,18-19,21H,2-3,7,9,11,13-14,16-17H2,1H3,(H,22,23)/b5-4-,8-6+,12-10-,18-15+/t19-/m0/s1. The van der Waals surface area contributed by atoms with Crippen LogP contribution in [0.5, 0.6) is 0 Å². The highest BCUT2D eigenvalue weighted by Gasteiger charge is 2.02. The molecule has 0 rings (SSSR count). The van der Waals surface area contributed by atoms with Crippen LogP contribution in [0.2, 0.25) is 0 Å². The molecule has 2 N–H and O–H groups in total. The maximum atomic E-state index is 10.2. The molecule has 0 radical (unpaired) electrons. The number of rotatable bonds is 14. The van der Waals surface area contributed by atoms with Gasteiger partial charge in [0.15, 0.2) is 0 Å². The maximum absolute atomic E-state index is 10.2. The lowest BCUT2D eigenvalue weighted by atomic mass is 10.0. The van der Waals surface area contributed by atoms with Gasteiger partial charge in [0.1, 0.15) is 0 Å². The molecule has 0 aliphatic carbocycles. The van der Waals surface area contributed by atoms with E-state index in [0.717, 1.165) is 44.6 Å². The van der Waals surface area contributed by atoms with E-state index in [1.165, 1.54) is 25.3 Å². The van der Waals surface area contributed by atoms with E-state index in [9.17, 15) is 9.90 Å². The average Bonchev–Trinajstić information content (AvgIpc) is 2.51. The summed E-state index contributed by atoms with van der Waals surface area (Å²) in [6.07, 6.45) is 23.9. The first kappa shape index (κ1) is 21.4. The SMILES string of the molecule is CCCCC[C@H](O)CCCCC\C=C/C=C/C=C\C=C\C(=O)O. The van der Waals surface area contributed by atoms with E-state index in [4.69, 9.17) is 5.11 Å². The molecule has 0 bridgehead atoms. The monoisotopic (exact) mass is 320 g/mol. The molecule has 0 spiro atoms. The fourth-order valence-corrected chi connectivity index (χ4v) is 2.16. The third-order valence-corrected chi connectivity index (χ3v) is 3.48. The first-order chi connectivity index (χ1) is 11.2. The minimum absolute atomic E-state index is 0.109. The van der Waals surface area contributed by atoms with Crippen molar-refractivity contribution in [1.29, 1.82) is 0 Å². The highest BCUT2D eigenvalue weighted by Crippen LogP contribution is 2.11. The second-order valence-corrected chi connectivity index (χ2v) is 5.68. The van der Waals surface area contributed by atoms with Gasteiger partial charge in [0.25, 0.3) is 0 Å². The number of carboxylic acid groups (broad SMARTS) is 1. The lowest BCUT2D eigenvalue weighted by molar-refractivity contribution is -0.131. The summed E-state index contributed by atoms with van der Waals surface area (Å²) in [5, 5.41) is 18.2. The van der Waals surface area contributed by atoms with Crippen LogP contribution in [0.15, 0.2) is 48.6 Å². The van der Waals surface area contributed by atoms with E-state index >= 15 is 0 Å². The minimum Gasteiger partial charge on any atom is -0.478 e. The molecule has 3 nitrogen and oxygen atoms in total. The van der Waals surface area contributed by atoms with Gasteiger partial charge in [-0.1, -0.05) is 81.6 Å². The summed E-state index contributed by atoms with van der Waals surface area (Å²) in [4.78, 5) is 10.2. The Labute approximate surface area is 141 Å². The Balaban J connectivity index is 3.48. The molecule has 0 aromatic carbocycles. The van der Waals surface area contributed by atoms with Crippen LogP contribution >= 0.6 is 0 Å². The molecule has 0 aromatic rings. The van der Waals surface area contributed by atoms with Gasteiger partial charge in [-0.05, 0) is 25.7 Å². The lowest BCUT2D eigenvalue weighted by Crippen LogP contribution is -2.05. The lowest BCUT2D eigenvalue weighted by Gasteiger charge is -2.09. The molecule has 0 saturated heterocycles. The number of unbranched alkanes of at least 4 members (excludes halogenated alkanes) is 5. The number of allylic oxidation sites excluding steroid dienone is 7. The topological polar surface area (TPSA) is 57.5 Å². The molecular formula is C20H32O3. The number of hydrogen-bond acceptors (Lipinski definition) is 2. The fourth-order valence-electron chi connectivity index (χ4n) is 2.16. The van der Waals surface area contributed by atoms with Crippen LogP contribution in [0.3, 0.4) is 0 Å². The summed E-state index contributed by atoms with van der Waals surface area (Å²) in [5.74, 6) is -0.938. The second-order valence-electron chi connectivity index (χ2n) is 5.68. The number of aliphatic hydroxyl groups excluding tert-OH is 1. The van der Waals surface area contributed by atoms with Gasteiger partial charge < -0.3 is 10.2 Å². The van der Waals surface area contributed by atoms with Crippen molar-refractivity contribution < 1.29 is 15.0 Å². The summed E-state index contributed by atoms with van der Waals surface area (Å²) < 4.78 is 0. The summed E-state index contributed by atoms with van der Waals surface area (Å²) in [5.41, 5.74) is 0. The Kier molecular flexibility index (Phi) is 15.6. The number of carbonyl (C=O) groups is 1. The van der Waals surface area contributed by atoms with E-state index in [0.29, 0.717) is 0 Å². The van der Waals surface area contributed by atoms with E-state index in [1.807, 2.05) is 18.2 Å². The van der Waals surface area contributed by atoms with Crippen molar-refractivity contribution in [2.75, 3.05) is 0 Å². The third kappa shape index (κ3) is 18.3. The van der Waals surface area contributed by atoms with Gasteiger partial charge in [0.2, 0.25) is 0 Å². The van der Waals surface area contributed by atoms with Crippen LogP contribution < -0.4 is 0 Å². The number of aliphatic hydroxyl groups is 1. The van der Waals surface area contributed by atoms with Crippen molar-refractivity contribution >= 4 is 5.97 Å². The van der Waals surface area contributed by atoms with Crippen LogP contribution in [0.4, 0.5) is 0 Å². The van der Waals surface area contributed by atoms with Gasteiger partial charge in [0.05, 0.1) is 6.10 Å². The van der Waals surface area contributed by atoms with Gasteiger partial charge in [-0.3, -0.25) is 0 Å². The van der Waals surface area contributed by atoms with E-state index in [2.05, 4.69) is 13.0 Å². The summed E-state index contributed by atoms with van der Waals surface area (Å²) in [6, 6.07) is 0. The predicted octanol–water partition coefficient (Wildman–Crippen LogP) is 5.19. The maximum Gasteiger partial charge on any atom is 0.328 e. The van der Waals surface area contributed by atoms with Gasteiger partial charge in [-0.2, -0.15) is 0 Å². The average molecular weight is 320 g/mol. The number of carboxylic acids is 1. The van der Waals surface area contributed by atoms with Crippen LogP contribution in [0, 0.1) is 0 Å². The first-order valence-corrected chi connectivity index (χ1v) is 8.74. The first-order valence-electron chi connectivity index (χ1n) is 8.74. The largest absolute Gasteiger partial charge is 0.478 e. The summed E-state index contributed by atoms with van der Waals surface area (Å²) >= 11 is 0. The zero-order chi connectivity index (χ0) is 17.2. The van der Waals surface area contributed by atoms with Gasteiger partial charge >= 0.3 is 5.97 Å². The van der Waals surface area contributed by atoms with Crippen LogP contribution in [-0.2, 0) is 4.79 Å². The second kappa shape index (κ2) is 16.8.